The molecule has 26 heavy (non-hydrogen) atoms. The van der Waals surface area contributed by atoms with Gasteiger partial charge < -0.3 is 15.2 Å². The number of H-pyrrole nitrogens is 1. The van der Waals surface area contributed by atoms with Gasteiger partial charge in [0.25, 0.3) is 0 Å². The molecule has 0 fully saturated rings. The van der Waals surface area contributed by atoms with Crippen LogP contribution in [0, 0.1) is 5.82 Å². The number of amides is 1. The van der Waals surface area contributed by atoms with Crippen molar-refractivity contribution < 1.29 is 23.8 Å². The normalized spacial score (nSPS) is 10.7. The number of carbonyl (C=O) groups excluding carboxylic acids is 1. The van der Waals surface area contributed by atoms with E-state index in [-0.39, 0.29) is 18.7 Å². The number of ether oxygens (including phenoxy) is 1. The highest BCUT2D eigenvalue weighted by Gasteiger charge is 2.13. The van der Waals surface area contributed by atoms with Gasteiger partial charge in [0.2, 0.25) is 5.91 Å². The summed E-state index contributed by atoms with van der Waals surface area (Å²) >= 11 is 0. The summed E-state index contributed by atoms with van der Waals surface area (Å²) in [6.07, 6.45) is -0.389. The summed E-state index contributed by atoms with van der Waals surface area (Å²) in [6, 6.07) is 9.53. The molecule has 0 aliphatic rings. The van der Waals surface area contributed by atoms with Crippen LogP contribution >= 0.6 is 0 Å². The van der Waals surface area contributed by atoms with Crippen LogP contribution in [0.1, 0.15) is 12.8 Å². The quantitative estimate of drug-likeness (QED) is 0.628. The maximum Gasteiger partial charge on any atom is 0.303 e. The number of methoxy groups -OCH3 is 1. The zero-order valence-electron chi connectivity index (χ0n) is 13.9. The first kappa shape index (κ1) is 17.4. The Kier molecular flexibility index (Phi) is 4.83. The molecule has 8 heteroatoms. The van der Waals surface area contributed by atoms with Crippen molar-refractivity contribution in [3.8, 4) is 16.9 Å². The summed E-state index contributed by atoms with van der Waals surface area (Å²) < 4.78 is 18.9. The molecule has 1 heterocycles. The number of carboxylic acid groups (broad SMARTS) is 1. The third-order valence-corrected chi connectivity index (χ3v) is 3.86. The average Bonchev–Trinajstić information content (AvgIpc) is 3.02. The molecule has 7 nitrogen and oxygen atoms in total. The van der Waals surface area contributed by atoms with Gasteiger partial charge in [0.15, 0.2) is 5.82 Å². The van der Waals surface area contributed by atoms with Crippen molar-refractivity contribution in [2.24, 2.45) is 0 Å². The highest BCUT2D eigenvalue weighted by molar-refractivity contribution is 6.01. The molecule has 3 rings (SSSR count). The topological polar surface area (TPSA) is 104 Å². The maximum absolute atomic E-state index is 13.6. The van der Waals surface area contributed by atoms with Crippen molar-refractivity contribution in [1.82, 2.24) is 10.2 Å². The number of carboxylic acids is 1. The number of anilines is 1. The van der Waals surface area contributed by atoms with E-state index >= 15 is 0 Å². The highest BCUT2D eigenvalue weighted by atomic mass is 19.1. The van der Waals surface area contributed by atoms with Gasteiger partial charge in [0, 0.05) is 17.4 Å². The molecular formula is C18H16FN3O4. The molecule has 0 spiro atoms. The summed E-state index contributed by atoms with van der Waals surface area (Å²) in [5.41, 5.74) is 1.96. The molecule has 0 saturated heterocycles. The van der Waals surface area contributed by atoms with Gasteiger partial charge in [-0.05, 0) is 35.9 Å². The monoisotopic (exact) mass is 357 g/mol. The number of aromatic amines is 1. The van der Waals surface area contributed by atoms with Crippen molar-refractivity contribution in [2.75, 3.05) is 12.4 Å². The number of aromatic nitrogens is 2. The Labute approximate surface area is 147 Å². The van der Waals surface area contributed by atoms with E-state index in [2.05, 4.69) is 15.5 Å². The fraction of sp³-hybridized carbons (Fsp3) is 0.167. The van der Waals surface area contributed by atoms with Crippen molar-refractivity contribution in [1.29, 1.82) is 0 Å². The van der Waals surface area contributed by atoms with E-state index in [1.54, 1.807) is 24.3 Å². The smallest absolute Gasteiger partial charge is 0.303 e. The Balaban J connectivity index is 1.89. The predicted molar refractivity (Wildman–Crippen MR) is 93.5 cm³/mol. The summed E-state index contributed by atoms with van der Waals surface area (Å²) in [5, 5.41) is 18.7. The molecule has 2 aromatic carbocycles. The molecule has 0 atom stereocenters. The first-order chi connectivity index (χ1) is 12.5. The molecule has 3 aromatic rings. The fourth-order valence-electron chi connectivity index (χ4n) is 2.60. The SMILES string of the molecule is COc1ccc(F)cc1-c1ccc2c(NC(=O)CCC(=O)O)n[nH]c2c1. The Hall–Kier alpha value is -3.42. The van der Waals surface area contributed by atoms with Crippen molar-refractivity contribution in [2.45, 2.75) is 12.8 Å². The Morgan fingerprint density at radius 3 is 2.77 bits per heavy atom. The zero-order chi connectivity index (χ0) is 18.7. The fourth-order valence-corrected chi connectivity index (χ4v) is 2.60. The van der Waals surface area contributed by atoms with E-state index in [1.165, 1.54) is 19.2 Å². The number of hydrogen-bond acceptors (Lipinski definition) is 4. The maximum atomic E-state index is 13.6. The molecular weight excluding hydrogens is 341 g/mol. The molecule has 1 amide bonds. The second-order valence-electron chi connectivity index (χ2n) is 5.62. The highest BCUT2D eigenvalue weighted by Crippen LogP contribution is 2.33. The number of carbonyl (C=O) groups is 2. The van der Waals surface area contributed by atoms with E-state index < -0.39 is 11.9 Å². The lowest BCUT2D eigenvalue weighted by Gasteiger charge is -2.09. The van der Waals surface area contributed by atoms with Gasteiger partial charge in [-0.15, -0.1) is 0 Å². The van der Waals surface area contributed by atoms with E-state index in [9.17, 15) is 14.0 Å². The van der Waals surface area contributed by atoms with Gasteiger partial charge in [-0.3, -0.25) is 14.7 Å². The third-order valence-electron chi connectivity index (χ3n) is 3.86. The first-order valence-corrected chi connectivity index (χ1v) is 7.81. The van der Waals surface area contributed by atoms with Crippen molar-refractivity contribution in [3.63, 3.8) is 0 Å². The number of nitrogens with one attached hydrogen (secondary N) is 2. The Bertz CT molecular complexity index is 984. The van der Waals surface area contributed by atoms with E-state index in [0.717, 1.165) is 5.56 Å². The van der Waals surface area contributed by atoms with Gasteiger partial charge in [0.05, 0.1) is 19.0 Å². The standard InChI is InChI=1S/C18H16FN3O4/c1-26-15-5-3-11(19)9-13(15)10-2-4-12-14(8-10)21-22-18(12)20-16(23)6-7-17(24)25/h2-5,8-9H,6-7H2,1H3,(H,24,25)(H2,20,21,22,23). The number of hydrogen-bond donors (Lipinski definition) is 3. The van der Waals surface area contributed by atoms with Crippen LogP contribution in [0.3, 0.4) is 0 Å². The van der Waals surface area contributed by atoms with E-state index in [0.29, 0.717) is 28.0 Å². The third kappa shape index (κ3) is 3.64. The number of rotatable bonds is 6. The van der Waals surface area contributed by atoms with Crippen LogP contribution in [0.25, 0.3) is 22.0 Å². The van der Waals surface area contributed by atoms with Gasteiger partial charge in [0.1, 0.15) is 11.6 Å². The molecule has 0 radical (unpaired) electrons. The van der Waals surface area contributed by atoms with Crippen LogP contribution in [0.4, 0.5) is 10.2 Å². The molecule has 0 aliphatic carbocycles. The molecule has 0 bridgehead atoms. The second kappa shape index (κ2) is 7.22. The summed E-state index contributed by atoms with van der Waals surface area (Å²) in [6.45, 7) is 0. The number of halogens is 1. The van der Waals surface area contributed by atoms with Crippen molar-refractivity contribution in [3.05, 3.63) is 42.2 Å². The minimum atomic E-state index is -1.04. The van der Waals surface area contributed by atoms with Gasteiger partial charge in [-0.2, -0.15) is 5.10 Å². The molecule has 1 aromatic heterocycles. The van der Waals surface area contributed by atoms with Gasteiger partial charge >= 0.3 is 5.97 Å². The molecule has 3 N–H and O–H groups in total. The van der Waals surface area contributed by atoms with Crippen LogP contribution in [0.5, 0.6) is 5.75 Å². The van der Waals surface area contributed by atoms with Crippen LogP contribution in [-0.4, -0.2) is 34.3 Å². The number of nitrogens with zero attached hydrogens (tertiary/aromatic N) is 1. The van der Waals surface area contributed by atoms with Crippen LogP contribution in [-0.2, 0) is 9.59 Å². The van der Waals surface area contributed by atoms with Crippen LogP contribution < -0.4 is 10.1 Å². The van der Waals surface area contributed by atoms with Gasteiger partial charge in [-0.25, -0.2) is 4.39 Å². The van der Waals surface area contributed by atoms with E-state index in [4.69, 9.17) is 9.84 Å². The molecule has 0 saturated carbocycles. The lowest BCUT2D eigenvalue weighted by atomic mass is 10.0. The first-order valence-electron chi connectivity index (χ1n) is 7.81. The number of benzene rings is 2. The minimum absolute atomic E-state index is 0.137. The Morgan fingerprint density at radius 2 is 2.04 bits per heavy atom. The molecule has 134 valence electrons. The average molecular weight is 357 g/mol. The summed E-state index contributed by atoms with van der Waals surface area (Å²) in [5.74, 6) is -1.00. The van der Waals surface area contributed by atoms with Crippen molar-refractivity contribution >= 4 is 28.6 Å². The zero-order valence-corrected chi connectivity index (χ0v) is 13.9. The van der Waals surface area contributed by atoms with Crippen LogP contribution in [0.2, 0.25) is 0 Å². The van der Waals surface area contributed by atoms with Crippen LogP contribution in [0.15, 0.2) is 36.4 Å². The molecule has 0 aliphatic heterocycles. The summed E-state index contributed by atoms with van der Waals surface area (Å²) in [7, 11) is 1.51. The number of aliphatic carboxylic acids is 1. The lowest BCUT2D eigenvalue weighted by molar-refractivity contribution is -0.138. The van der Waals surface area contributed by atoms with E-state index in [1.807, 2.05) is 0 Å². The van der Waals surface area contributed by atoms with Gasteiger partial charge in [-0.1, -0.05) is 6.07 Å². The largest absolute Gasteiger partial charge is 0.496 e. The number of fused-ring (bicyclic) bond motifs is 1. The molecule has 0 unspecified atom stereocenters. The Morgan fingerprint density at radius 1 is 1.23 bits per heavy atom. The lowest BCUT2D eigenvalue weighted by Crippen LogP contribution is -2.13. The second-order valence-corrected chi connectivity index (χ2v) is 5.62. The summed E-state index contributed by atoms with van der Waals surface area (Å²) in [4.78, 5) is 22.3. The predicted octanol–water partition coefficient (Wildman–Crippen LogP) is 3.18. The minimum Gasteiger partial charge on any atom is -0.496 e.